The summed E-state index contributed by atoms with van der Waals surface area (Å²) in [5.74, 6) is 0.696. The highest BCUT2D eigenvalue weighted by Gasteiger charge is 2.27. The molecule has 27 heavy (non-hydrogen) atoms. The van der Waals surface area contributed by atoms with E-state index in [9.17, 15) is 4.79 Å². The molecular formula is C19H20N6OS. The first-order chi connectivity index (χ1) is 13.2. The Balaban J connectivity index is 1.42. The van der Waals surface area contributed by atoms with Crippen molar-refractivity contribution in [3.8, 4) is 11.3 Å². The number of nitrogens with zero attached hydrogens (tertiary/aromatic N) is 5. The lowest BCUT2D eigenvalue weighted by Gasteiger charge is -2.32. The van der Waals surface area contributed by atoms with Crippen LogP contribution in [0.1, 0.15) is 17.8 Å². The molecule has 138 valence electrons. The van der Waals surface area contributed by atoms with Gasteiger partial charge >= 0.3 is 0 Å². The summed E-state index contributed by atoms with van der Waals surface area (Å²) in [5, 5.41) is 20.9. The number of aryl methyl sites for hydroxylation is 1. The Bertz CT molecular complexity index is 911. The molecule has 1 atom stereocenters. The second-order valence-electron chi connectivity index (χ2n) is 6.54. The monoisotopic (exact) mass is 380 g/mol. The predicted octanol–water partition coefficient (Wildman–Crippen LogP) is 3.16. The first kappa shape index (κ1) is 17.5. The number of hydrogen-bond donors (Lipinski definition) is 1. The van der Waals surface area contributed by atoms with Crippen LogP contribution in [-0.4, -0.2) is 39.4 Å². The average molecular weight is 380 g/mol. The van der Waals surface area contributed by atoms with Gasteiger partial charge in [0.2, 0.25) is 11.0 Å². The van der Waals surface area contributed by atoms with Crippen molar-refractivity contribution in [2.24, 2.45) is 5.92 Å². The molecule has 1 aliphatic heterocycles. The van der Waals surface area contributed by atoms with Gasteiger partial charge in [0.25, 0.3) is 0 Å². The van der Waals surface area contributed by atoms with Crippen molar-refractivity contribution in [3.63, 3.8) is 0 Å². The van der Waals surface area contributed by atoms with Gasteiger partial charge < -0.3 is 10.2 Å². The molecule has 8 heteroatoms. The molecule has 3 aromatic rings. The minimum Gasteiger partial charge on any atom is -0.354 e. The molecule has 0 saturated carbocycles. The molecule has 1 unspecified atom stereocenters. The van der Waals surface area contributed by atoms with Crippen LogP contribution in [-0.2, 0) is 4.79 Å². The van der Waals surface area contributed by atoms with Gasteiger partial charge in [-0.2, -0.15) is 0 Å². The predicted molar refractivity (Wildman–Crippen MR) is 106 cm³/mol. The molecule has 1 saturated heterocycles. The Labute approximate surface area is 161 Å². The summed E-state index contributed by atoms with van der Waals surface area (Å²) in [7, 11) is 0. The van der Waals surface area contributed by atoms with Crippen LogP contribution >= 0.6 is 11.3 Å². The molecule has 1 aromatic carbocycles. The molecular weight excluding hydrogens is 360 g/mol. The molecule has 0 bridgehead atoms. The number of nitrogens with one attached hydrogen (secondary N) is 1. The fraction of sp³-hybridized carbons (Fsp3) is 0.316. The van der Waals surface area contributed by atoms with Crippen LogP contribution in [0, 0.1) is 12.8 Å². The lowest BCUT2D eigenvalue weighted by Crippen LogP contribution is -2.41. The van der Waals surface area contributed by atoms with Crippen molar-refractivity contribution in [2.45, 2.75) is 19.8 Å². The standard InChI is InChI=1S/C19H20N6OS/c1-13-21-24-19(27-13)20-18(26)15-8-5-11-25(12-15)17-10-9-16(22-23-17)14-6-3-2-4-7-14/h2-4,6-7,9-10,15H,5,8,11-12H2,1H3,(H,20,24,26). The zero-order valence-corrected chi connectivity index (χ0v) is 15.8. The Kier molecular flexibility index (Phi) is 5.06. The first-order valence-electron chi connectivity index (χ1n) is 8.94. The van der Waals surface area contributed by atoms with E-state index in [0.29, 0.717) is 11.7 Å². The second kappa shape index (κ2) is 7.79. The topological polar surface area (TPSA) is 83.9 Å². The molecule has 2 aromatic heterocycles. The van der Waals surface area contributed by atoms with E-state index in [1.165, 1.54) is 11.3 Å². The smallest absolute Gasteiger partial charge is 0.231 e. The number of anilines is 2. The summed E-state index contributed by atoms with van der Waals surface area (Å²) >= 11 is 1.39. The van der Waals surface area contributed by atoms with Crippen LogP contribution < -0.4 is 10.2 Å². The van der Waals surface area contributed by atoms with Crippen molar-refractivity contribution >= 4 is 28.2 Å². The Morgan fingerprint density at radius 2 is 1.96 bits per heavy atom. The maximum absolute atomic E-state index is 12.6. The van der Waals surface area contributed by atoms with Gasteiger partial charge in [0.1, 0.15) is 5.01 Å². The molecule has 1 aliphatic rings. The summed E-state index contributed by atoms with van der Waals surface area (Å²) in [4.78, 5) is 14.7. The quantitative estimate of drug-likeness (QED) is 0.748. The molecule has 0 radical (unpaired) electrons. The van der Waals surface area contributed by atoms with Gasteiger partial charge in [-0.15, -0.1) is 20.4 Å². The summed E-state index contributed by atoms with van der Waals surface area (Å²) in [6.07, 6.45) is 1.80. The van der Waals surface area contributed by atoms with Crippen molar-refractivity contribution in [2.75, 3.05) is 23.3 Å². The number of benzene rings is 1. The van der Waals surface area contributed by atoms with Crippen molar-refractivity contribution < 1.29 is 4.79 Å². The van der Waals surface area contributed by atoms with Gasteiger partial charge in [-0.3, -0.25) is 4.79 Å². The SMILES string of the molecule is Cc1nnc(NC(=O)C2CCCN(c3ccc(-c4ccccc4)nn3)C2)s1. The highest BCUT2D eigenvalue weighted by molar-refractivity contribution is 7.15. The summed E-state index contributed by atoms with van der Waals surface area (Å²) in [5.41, 5.74) is 1.89. The third kappa shape index (κ3) is 4.11. The number of amides is 1. The maximum atomic E-state index is 12.6. The molecule has 7 nitrogen and oxygen atoms in total. The molecule has 0 spiro atoms. The number of rotatable bonds is 4. The van der Waals surface area contributed by atoms with Gasteiger partial charge in [-0.25, -0.2) is 0 Å². The highest BCUT2D eigenvalue weighted by Crippen LogP contribution is 2.24. The average Bonchev–Trinajstić information content (AvgIpc) is 3.13. The van der Waals surface area contributed by atoms with E-state index in [1.807, 2.05) is 49.4 Å². The van der Waals surface area contributed by atoms with Gasteiger partial charge in [0, 0.05) is 18.7 Å². The molecule has 1 fully saturated rings. The van der Waals surface area contributed by atoms with Crippen LogP contribution in [0.2, 0.25) is 0 Å². The fourth-order valence-electron chi connectivity index (χ4n) is 3.21. The van der Waals surface area contributed by atoms with Gasteiger partial charge in [0.05, 0.1) is 11.6 Å². The number of aromatic nitrogens is 4. The molecule has 1 N–H and O–H groups in total. The third-order valence-corrected chi connectivity index (χ3v) is 5.35. The highest BCUT2D eigenvalue weighted by atomic mass is 32.1. The zero-order chi connectivity index (χ0) is 18.6. The third-order valence-electron chi connectivity index (χ3n) is 4.59. The first-order valence-corrected chi connectivity index (χ1v) is 9.76. The Morgan fingerprint density at radius 1 is 1.11 bits per heavy atom. The number of hydrogen-bond acceptors (Lipinski definition) is 7. The second-order valence-corrected chi connectivity index (χ2v) is 7.73. The van der Waals surface area contributed by atoms with Gasteiger partial charge in [-0.1, -0.05) is 41.7 Å². The van der Waals surface area contributed by atoms with Crippen LogP contribution in [0.4, 0.5) is 10.9 Å². The van der Waals surface area contributed by atoms with Crippen molar-refractivity contribution in [3.05, 3.63) is 47.5 Å². The number of carbonyl (C=O) groups is 1. The van der Waals surface area contributed by atoms with Crippen molar-refractivity contribution in [1.82, 2.24) is 20.4 Å². The summed E-state index contributed by atoms with van der Waals surface area (Å²) < 4.78 is 0. The van der Waals surface area contributed by atoms with E-state index in [-0.39, 0.29) is 11.8 Å². The van der Waals surface area contributed by atoms with E-state index in [2.05, 4.69) is 30.6 Å². The fourth-order valence-corrected chi connectivity index (χ4v) is 3.81. The maximum Gasteiger partial charge on any atom is 0.231 e. The van der Waals surface area contributed by atoms with Crippen LogP contribution in [0.3, 0.4) is 0 Å². The van der Waals surface area contributed by atoms with Gasteiger partial charge in [0.15, 0.2) is 5.82 Å². The van der Waals surface area contributed by atoms with E-state index >= 15 is 0 Å². The Morgan fingerprint density at radius 3 is 2.67 bits per heavy atom. The van der Waals surface area contributed by atoms with Crippen LogP contribution in [0.25, 0.3) is 11.3 Å². The molecule has 1 amide bonds. The normalized spacial score (nSPS) is 16.9. The Hall–Kier alpha value is -2.87. The van der Waals surface area contributed by atoms with E-state index in [4.69, 9.17) is 0 Å². The lowest BCUT2D eigenvalue weighted by molar-refractivity contribution is -0.120. The minimum absolute atomic E-state index is 0.00952. The molecule has 0 aliphatic carbocycles. The van der Waals surface area contributed by atoms with E-state index in [0.717, 1.165) is 41.5 Å². The largest absolute Gasteiger partial charge is 0.354 e. The lowest BCUT2D eigenvalue weighted by atomic mass is 9.97. The van der Waals surface area contributed by atoms with E-state index in [1.54, 1.807) is 0 Å². The minimum atomic E-state index is -0.0986. The number of carbonyl (C=O) groups excluding carboxylic acids is 1. The van der Waals surface area contributed by atoms with Gasteiger partial charge in [-0.05, 0) is 31.9 Å². The summed E-state index contributed by atoms with van der Waals surface area (Å²) in [6, 6.07) is 13.9. The van der Waals surface area contributed by atoms with Crippen molar-refractivity contribution in [1.29, 1.82) is 0 Å². The zero-order valence-electron chi connectivity index (χ0n) is 15.0. The summed E-state index contributed by atoms with van der Waals surface area (Å²) in [6.45, 7) is 3.37. The van der Waals surface area contributed by atoms with Crippen LogP contribution in [0.15, 0.2) is 42.5 Å². The molecule has 4 rings (SSSR count). The molecule has 3 heterocycles. The number of piperidine rings is 1. The van der Waals surface area contributed by atoms with E-state index < -0.39 is 0 Å². The van der Waals surface area contributed by atoms with Crippen LogP contribution in [0.5, 0.6) is 0 Å².